The van der Waals surface area contributed by atoms with Crippen molar-refractivity contribution in [2.45, 2.75) is 99.9 Å². The first kappa shape index (κ1) is 19.9. The average molecular weight is 439 g/mol. The molecule has 160 valence electrons. The van der Waals surface area contributed by atoms with E-state index in [1.807, 2.05) is 0 Å². The third kappa shape index (κ3) is 3.51. The number of hydrogen-bond donors (Lipinski definition) is 0. The van der Waals surface area contributed by atoms with Crippen molar-refractivity contribution in [3.8, 4) is 0 Å². The van der Waals surface area contributed by atoms with Gasteiger partial charge in [0.1, 0.15) is 24.9 Å². The summed E-state index contributed by atoms with van der Waals surface area (Å²) in [7, 11) is 1.11. The summed E-state index contributed by atoms with van der Waals surface area (Å²) in [5.41, 5.74) is 0. The molecule has 0 unspecified atom stereocenters. The molecule has 3 heterocycles. The lowest BCUT2D eigenvalue weighted by Gasteiger charge is -2.40. The van der Waals surface area contributed by atoms with Crippen LogP contribution in [0, 0.1) is 0 Å². The van der Waals surface area contributed by atoms with Crippen LogP contribution in [0.4, 0.5) is 0 Å². The predicted molar refractivity (Wildman–Crippen MR) is 96.7 cm³/mol. The van der Waals surface area contributed by atoms with Gasteiger partial charge in [-0.1, -0.05) is 12.8 Å². The maximum Gasteiger partial charge on any atom is 0.355 e. The van der Waals surface area contributed by atoms with Crippen molar-refractivity contribution in [1.82, 2.24) is 0 Å². The third-order valence-electron chi connectivity index (χ3n) is 6.64. The molecule has 0 bridgehead atoms. The standard InChI is InChI=1S/C18H27ClO8S/c19-28(20,21)23-12-18-15(26-17(27-18)9-5-2-6-10-17)14-13(11-22-18)24-16(25-14)7-3-1-4-8-16/h13-15H,1-12H2/t13-,14-,15+,18+/m1/s1. The Balaban J connectivity index is 1.43. The number of fused-ring (bicyclic) bond motifs is 3. The molecule has 3 saturated heterocycles. The van der Waals surface area contributed by atoms with Gasteiger partial charge in [0.15, 0.2) is 11.6 Å². The van der Waals surface area contributed by atoms with E-state index >= 15 is 0 Å². The van der Waals surface area contributed by atoms with Crippen LogP contribution in [0.2, 0.25) is 0 Å². The highest BCUT2D eigenvalue weighted by Gasteiger charge is 2.68. The zero-order chi connectivity index (χ0) is 19.5. The molecular formula is C18H27ClO8S. The molecule has 2 saturated carbocycles. The summed E-state index contributed by atoms with van der Waals surface area (Å²) in [6, 6.07) is 0. The Bertz CT molecular complexity index is 702. The Labute approximate surface area is 169 Å². The van der Waals surface area contributed by atoms with Gasteiger partial charge in [-0.25, -0.2) is 0 Å². The first-order chi connectivity index (χ1) is 13.3. The number of ether oxygens (including phenoxy) is 5. The first-order valence-electron chi connectivity index (χ1n) is 10.3. The minimum absolute atomic E-state index is 0.230. The van der Waals surface area contributed by atoms with Gasteiger partial charge in [0.05, 0.1) is 6.61 Å². The summed E-state index contributed by atoms with van der Waals surface area (Å²) in [4.78, 5) is 0. The summed E-state index contributed by atoms with van der Waals surface area (Å²) < 4.78 is 59.4. The van der Waals surface area contributed by atoms with E-state index in [1.54, 1.807) is 0 Å². The summed E-state index contributed by atoms with van der Waals surface area (Å²) in [6.45, 7) is -0.140. The van der Waals surface area contributed by atoms with Crippen LogP contribution >= 0.6 is 10.7 Å². The highest BCUT2D eigenvalue weighted by Crippen LogP contribution is 2.53. The van der Waals surface area contributed by atoms with Crippen LogP contribution in [0.1, 0.15) is 64.2 Å². The molecule has 28 heavy (non-hydrogen) atoms. The van der Waals surface area contributed by atoms with Crippen LogP contribution in [0.3, 0.4) is 0 Å². The van der Waals surface area contributed by atoms with Crippen LogP contribution in [-0.2, 0) is 37.2 Å². The zero-order valence-electron chi connectivity index (χ0n) is 15.8. The van der Waals surface area contributed by atoms with Crippen molar-refractivity contribution in [1.29, 1.82) is 0 Å². The Morgan fingerprint density at radius 2 is 1.54 bits per heavy atom. The molecule has 0 aromatic carbocycles. The number of hydrogen-bond acceptors (Lipinski definition) is 8. The second-order valence-corrected chi connectivity index (χ2v) is 10.8. The second kappa shape index (κ2) is 7.02. The van der Waals surface area contributed by atoms with Gasteiger partial charge in [-0.15, -0.1) is 0 Å². The van der Waals surface area contributed by atoms with Crippen molar-refractivity contribution in [2.24, 2.45) is 0 Å². The number of rotatable bonds is 3. The topological polar surface area (TPSA) is 89.5 Å². The maximum absolute atomic E-state index is 11.4. The Kier molecular flexibility index (Phi) is 5.00. The van der Waals surface area contributed by atoms with Crippen molar-refractivity contribution in [3.05, 3.63) is 0 Å². The maximum atomic E-state index is 11.4. The van der Waals surface area contributed by atoms with Crippen molar-refractivity contribution in [3.63, 3.8) is 0 Å². The van der Waals surface area contributed by atoms with Crippen LogP contribution < -0.4 is 0 Å². The highest BCUT2D eigenvalue weighted by molar-refractivity contribution is 8.09. The van der Waals surface area contributed by atoms with Crippen LogP contribution in [0.25, 0.3) is 0 Å². The lowest BCUT2D eigenvalue weighted by atomic mass is 9.94. The van der Waals surface area contributed by atoms with Crippen LogP contribution in [0.15, 0.2) is 0 Å². The predicted octanol–water partition coefficient (Wildman–Crippen LogP) is 2.73. The van der Waals surface area contributed by atoms with E-state index in [-0.39, 0.29) is 19.3 Å². The van der Waals surface area contributed by atoms with Gasteiger partial charge in [0, 0.05) is 36.4 Å². The SMILES string of the molecule is O=S(=O)(Cl)OC[C@@]12OC[C@H]3OC4(CCCCC4)O[C@H]3[C@@H]1OC1(CCCCC1)O2. The van der Waals surface area contributed by atoms with E-state index in [9.17, 15) is 8.42 Å². The molecule has 4 atom stereocenters. The fourth-order valence-electron chi connectivity index (χ4n) is 5.39. The normalized spacial score (nSPS) is 41.8. The van der Waals surface area contributed by atoms with Crippen molar-refractivity contribution < 1.29 is 36.3 Å². The molecule has 10 heteroatoms. The molecule has 0 radical (unpaired) electrons. The molecule has 5 rings (SSSR count). The molecule has 2 spiro atoms. The van der Waals surface area contributed by atoms with Gasteiger partial charge >= 0.3 is 9.33 Å². The van der Waals surface area contributed by atoms with E-state index in [0.29, 0.717) is 0 Å². The van der Waals surface area contributed by atoms with Crippen LogP contribution in [-0.4, -0.2) is 57.3 Å². The third-order valence-corrected chi connectivity index (χ3v) is 7.31. The van der Waals surface area contributed by atoms with E-state index < -0.39 is 38.9 Å². The molecule has 3 aliphatic heterocycles. The molecule has 5 fully saturated rings. The highest BCUT2D eigenvalue weighted by atomic mass is 35.7. The quantitative estimate of drug-likeness (QED) is 0.621. The molecule has 0 amide bonds. The van der Waals surface area contributed by atoms with E-state index in [4.69, 9.17) is 38.5 Å². The molecular weight excluding hydrogens is 412 g/mol. The molecule has 0 aromatic rings. The fourth-order valence-corrected chi connectivity index (χ4v) is 5.83. The summed E-state index contributed by atoms with van der Waals surface area (Å²) >= 11 is 0. The van der Waals surface area contributed by atoms with Gasteiger partial charge in [0.25, 0.3) is 0 Å². The largest absolute Gasteiger partial charge is 0.355 e. The minimum atomic E-state index is -4.17. The van der Waals surface area contributed by atoms with Gasteiger partial charge in [-0.2, -0.15) is 8.42 Å². The molecule has 5 aliphatic rings. The van der Waals surface area contributed by atoms with Crippen LogP contribution in [0.5, 0.6) is 0 Å². The summed E-state index contributed by atoms with van der Waals surface area (Å²) in [5.74, 6) is -2.77. The first-order valence-corrected chi connectivity index (χ1v) is 12.5. The van der Waals surface area contributed by atoms with E-state index in [0.717, 1.165) is 57.8 Å². The summed E-state index contributed by atoms with van der Waals surface area (Å²) in [5, 5.41) is 0. The Hall–Kier alpha value is -0.0000000000000000971. The van der Waals surface area contributed by atoms with Gasteiger partial charge < -0.3 is 23.7 Å². The molecule has 0 aromatic heterocycles. The van der Waals surface area contributed by atoms with Gasteiger partial charge in [0.2, 0.25) is 5.79 Å². The molecule has 8 nitrogen and oxygen atoms in total. The Morgan fingerprint density at radius 1 is 0.893 bits per heavy atom. The lowest BCUT2D eigenvalue weighted by molar-refractivity contribution is -0.299. The molecule has 2 aliphatic carbocycles. The minimum Gasteiger partial charge on any atom is -0.343 e. The van der Waals surface area contributed by atoms with Gasteiger partial charge in [-0.05, 0) is 25.7 Å². The average Bonchev–Trinajstić information content (AvgIpc) is 3.16. The van der Waals surface area contributed by atoms with E-state index in [2.05, 4.69) is 0 Å². The lowest BCUT2D eigenvalue weighted by Crippen LogP contribution is -2.60. The number of halogens is 1. The monoisotopic (exact) mass is 438 g/mol. The van der Waals surface area contributed by atoms with E-state index in [1.165, 1.54) is 6.42 Å². The smallest absolute Gasteiger partial charge is 0.343 e. The Morgan fingerprint density at radius 3 is 2.18 bits per heavy atom. The van der Waals surface area contributed by atoms with Crippen molar-refractivity contribution in [2.75, 3.05) is 13.2 Å². The zero-order valence-corrected chi connectivity index (χ0v) is 17.3. The molecule has 0 N–H and O–H groups in total. The fraction of sp³-hybridized carbons (Fsp3) is 1.00. The second-order valence-electron chi connectivity index (χ2n) is 8.60. The van der Waals surface area contributed by atoms with Crippen molar-refractivity contribution >= 4 is 20.0 Å². The summed E-state index contributed by atoms with van der Waals surface area (Å²) in [6.07, 6.45) is 8.22. The van der Waals surface area contributed by atoms with Gasteiger partial charge in [-0.3, -0.25) is 4.18 Å².